The lowest BCUT2D eigenvalue weighted by molar-refractivity contribution is 1.33. The van der Waals surface area contributed by atoms with Crippen LogP contribution in [0.2, 0.25) is 10.0 Å². The van der Waals surface area contributed by atoms with E-state index in [1.165, 1.54) is 0 Å². The fourth-order valence-electron chi connectivity index (χ4n) is 0.789. The van der Waals surface area contributed by atoms with E-state index < -0.39 is 0 Å². The van der Waals surface area contributed by atoms with Crippen molar-refractivity contribution in [2.45, 2.75) is 6.92 Å². The fraction of sp³-hybridized carbons (Fsp3) is 0.143. The van der Waals surface area contributed by atoms with Gasteiger partial charge in [0.1, 0.15) is 0 Å². The Balaban J connectivity index is 0.00000121. The molecule has 1 aromatic carbocycles. The number of hydrazine groups is 1. The molecular formula is C7H9Cl3N2. The van der Waals surface area contributed by atoms with Gasteiger partial charge < -0.3 is 5.43 Å². The Bertz CT molecular complexity index is 276. The number of hydrogen-bond acceptors (Lipinski definition) is 2. The smallest absolute Gasteiger partial charge is 0.0863 e. The molecule has 12 heavy (non-hydrogen) atoms. The Morgan fingerprint density at radius 3 is 2.33 bits per heavy atom. The van der Waals surface area contributed by atoms with Crippen molar-refractivity contribution >= 4 is 41.3 Å². The van der Waals surface area contributed by atoms with Crippen LogP contribution in [0.3, 0.4) is 0 Å². The molecule has 1 rings (SSSR count). The first-order valence-electron chi connectivity index (χ1n) is 3.08. The van der Waals surface area contributed by atoms with E-state index in [1.807, 2.05) is 13.0 Å². The number of halogens is 3. The summed E-state index contributed by atoms with van der Waals surface area (Å²) in [5.41, 5.74) is 3.97. The van der Waals surface area contributed by atoms with E-state index >= 15 is 0 Å². The zero-order valence-electron chi connectivity index (χ0n) is 6.40. The van der Waals surface area contributed by atoms with Crippen molar-refractivity contribution in [3.8, 4) is 0 Å². The van der Waals surface area contributed by atoms with E-state index in [-0.39, 0.29) is 12.4 Å². The van der Waals surface area contributed by atoms with Crippen LogP contribution in [0.15, 0.2) is 12.1 Å². The molecule has 68 valence electrons. The first-order chi connectivity index (χ1) is 5.16. The van der Waals surface area contributed by atoms with Gasteiger partial charge in [0.15, 0.2) is 0 Å². The molecule has 0 aliphatic heterocycles. The van der Waals surface area contributed by atoms with Crippen LogP contribution in [0.1, 0.15) is 5.56 Å². The van der Waals surface area contributed by atoms with Crippen LogP contribution in [0.4, 0.5) is 5.69 Å². The third-order valence-electron chi connectivity index (χ3n) is 1.43. The monoisotopic (exact) mass is 226 g/mol. The maximum Gasteiger partial charge on any atom is 0.0863 e. The van der Waals surface area contributed by atoms with E-state index in [9.17, 15) is 0 Å². The highest BCUT2D eigenvalue weighted by Crippen LogP contribution is 2.31. The van der Waals surface area contributed by atoms with Gasteiger partial charge in [0.25, 0.3) is 0 Å². The van der Waals surface area contributed by atoms with Crippen LogP contribution < -0.4 is 11.3 Å². The molecule has 0 amide bonds. The van der Waals surface area contributed by atoms with Crippen LogP contribution >= 0.6 is 35.6 Å². The maximum absolute atomic E-state index is 5.87. The van der Waals surface area contributed by atoms with Crippen LogP contribution in [0.5, 0.6) is 0 Å². The van der Waals surface area contributed by atoms with Gasteiger partial charge in [-0.1, -0.05) is 29.3 Å². The topological polar surface area (TPSA) is 38.0 Å². The highest BCUT2D eigenvalue weighted by Gasteiger charge is 2.05. The SMILES string of the molecule is Cc1ccc(Cl)c(NN)c1Cl.Cl. The third-order valence-corrected chi connectivity index (χ3v) is 2.23. The first kappa shape index (κ1) is 11.8. The predicted molar refractivity (Wildman–Crippen MR) is 56.3 cm³/mol. The second kappa shape index (κ2) is 4.77. The Kier molecular flexibility index (Phi) is 4.71. The Hall–Kier alpha value is -0.150. The van der Waals surface area contributed by atoms with Crippen molar-refractivity contribution in [2.24, 2.45) is 5.84 Å². The average molecular weight is 228 g/mol. The van der Waals surface area contributed by atoms with Crippen molar-refractivity contribution in [1.29, 1.82) is 0 Å². The highest BCUT2D eigenvalue weighted by atomic mass is 35.5. The van der Waals surface area contributed by atoms with Gasteiger partial charge in [-0.25, -0.2) is 0 Å². The quantitative estimate of drug-likeness (QED) is 0.572. The summed E-state index contributed by atoms with van der Waals surface area (Å²) in [7, 11) is 0. The van der Waals surface area contributed by atoms with Crippen molar-refractivity contribution in [3.63, 3.8) is 0 Å². The summed E-state index contributed by atoms with van der Waals surface area (Å²) in [6.45, 7) is 1.89. The Labute approximate surface area is 87.4 Å². The minimum absolute atomic E-state index is 0. The van der Waals surface area contributed by atoms with Crippen LogP contribution in [-0.4, -0.2) is 0 Å². The molecule has 0 radical (unpaired) electrons. The molecule has 5 heteroatoms. The lowest BCUT2D eigenvalue weighted by Gasteiger charge is -2.07. The molecule has 0 heterocycles. The number of benzene rings is 1. The highest BCUT2D eigenvalue weighted by molar-refractivity contribution is 6.39. The molecule has 1 aromatic rings. The summed E-state index contributed by atoms with van der Waals surface area (Å²) in [5, 5.41) is 1.10. The van der Waals surface area contributed by atoms with Crippen molar-refractivity contribution < 1.29 is 0 Å². The van der Waals surface area contributed by atoms with E-state index in [2.05, 4.69) is 5.43 Å². The van der Waals surface area contributed by atoms with Gasteiger partial charge in [0.05, 0.1) is 15.7 Å². The molecule has 0 saturated carbocycles. The summed E-state index contributed by atoms with van der Waals surface area (Å²) in [6.07, 6.45) is 0. The van der Waals surface area contributed by atoms with Crippen molar-refractivity contribution in [1.82, 2.24) is 0 Å². The van der Waals surface area contributed by atoms with Gasteiger partial charge in [0.2, 0.25) is 0 Å². The van der Waals surface area contributed by atoms with Gasteiger partial charge in [-0.3, -0.25) is 5.84 Å². The maximum atomic E-state index is 5.87. The van der Waals surface area contributed by atoms with Crippen LogP contribution in [-0.2, 0) is 0 Å². The zero-order chi connectivity index (χ0) is 8.43. The number of rotatable bonds is 1. The summed E-state index contributed by atoms with van der Waals surface area (Å²) in [6, 6.07) is 3.59. The number of nitrogens with one attached hydrogen (secondary N) is 1. The van der Waals surface area contributed by atoms with Gasteiger partial charge >= 0.3 is 0 Å². The Morgan fingerprint density at radius 1 is 1.33 bits per heavy atom. The standard InChI is InChI=1S/C7H8Cl2N2.ClH/c1-4-2-3-5(8)7(11-10)6(4)9;/h2-3,11H,10H2,1H3;1H. The normalized spacial score (nSPS) is 9.00. The molecule has 2 nitrogen and oxygen atoms in total. The molecule has 0 aliphatic carbocycles. The molecule has 0 bridgehead atoms. The second-order valence-corrected chi connectivity index (χ2v) is 2.98. The lowest BCUT2D eigenvalue weighted by Crippen LogP contribution is -2.08. The second-order valence-electron chi connectivity index (χ2n) is 2.20. The molecule has 0 fully saturated rings. The van der Waals surface area contributed by atoms with Gasteiger partial charge in [-0.2, -0.15) is 0 Å². The van der Waals surface area contributed by atoms with E-state index in [4.69, 9.17) is 29.0 Å². The van der Waals surface area contributed by atoms with E-state index in [0.29, 0.717) is 15.7 Å². The van der Waals surface area contributed by atoms with Crippen LogP contribution in [0.25, 0.3) is 0 Å². The van der Waals surface area contributed by atoms with E-state index in [1.54, 1.807) is 6.07 Å². The molecule has 0 saturated heterocycles. The van der Waals surface area contributed by atoms with E-state index in [0.717, 1.165) is 5.56 Å². The number of nitrogens with two attached hydrogens (primary N) is 1. The Morgan fingerprint density at radius 2 is 1.92 bits per heavy atom. The summed E-state index contributed by atoms with van der Waals surface area (Å²) < 4.78 is 0. The molecule has 0 aromatic heterocycles. The fourth-order valence-corrected chi connectivity index (χ4v) is 1.27. The van der Waals surface area contributed by atoms with Crippen molar-refractivity contribution in [3.05, 3.63) is 27.7 Å². The molecule has 0 aliphatic rings. The van der Waals surface area contributed by atoms with Crippen molar-refractivity contribution in [2.75, 3.05) is 5.43 Å². The number of nitrogen functional groups attached to an aromatic ring is 1. The summed E-state index contributed by atoms with van der Waals surface area (Å²) >= 11 is 11.6. The number of hydrogen-bond donors (Lipinski definition) is 2. The summed E-state index contributed by atoms with van der Waals surface area (Å²) in [5.74, 6) is 5.20. The molecular weight excluding hydrogens is 218 g/mol. The molecule has 3 N–H and O–H groups in total. The van der Waals surface area contributed by atoms with Gasteiger partial charge in [-0.05, 0) is 18.6 Å². The average Bonchev–Trinajstić information content (AvgIpc) is 1.99. The number of anilines is 1. The molecule has 0 atom stereocenters. The number of aryl methyl sites for hydroxylation is 1. The molecule has 0 unspecified atom stereocenters. The lowest BCUT2D eigenvalue weighted by atomic mass is 10.2. The van der Waals surface area contributed by atoms with Crippen LogP contribution in [0, 0.1) is 6.92 Å². The first-order valence-corrected chi connectivity index (χ1v) is 3.83. The minimum atomic E-state index is 0. The predicted octanol–water partition coefficient (Wildman–Crippen LogP) is 3.01. The summed E-state index contributed by atoms with van der Waals surface area (Å²) in [4.78, 5) is 0. The minimum Gasteiger partial charge on any atom is -0.321 e. The largest absolute Gasteiger partial charge is 0.321 e. The zero-order valence-corrected chi connectivity index (χ0v) is 8.72. The van der Waals surface area contributed by atoms with Gasteiger partial charge in [-0.15, -0.1) is 12.4 Å². The third kappa shape index (κ3) is 2.17. The molecule has 0 spiro atoms. The van der Waals surface area contributed by atoms with Gasteiger partial charge in [0, 0.05) is 0 Å².